The Morgan fingerprint density at radius 3 is 2.17 bits per heavy atom. The number of hydrogen-bond acceptors (Lipinski definition) is 6. The maximum absolute atomic E-state index is 13.7. The highest BCUT2D eigenvalue weighted by Gasteiger charge is 2.44. The van der Waals surface area contributed by atoms with E-state index < -0.39 is 40.6 Å². The fourth-order valence-electron chi connectivity index (χ4n) is 4.70. The van der Waals surface area contributed by atoms with Crippen LogP contribution in [0.3, 0.4) is 0 Å². The molecule has 1 unspecified atom stereocenters. The van der Waals surface area contributed by atoms with Gasteiger partial charge in [0.05, 0.1) is 0 Å². The van der Waals surface area contributed by atoms with E-state index in [1.54, 1.807) is 18.2 Å². The molecule has 3 aromatic heterocycles. The molecule has 4 aromatic rings. The van der Waals surface area contributed by atoms with Crippen LogP contribution in [-0.2, 0) is 24.8 Å². The number of aromatic nitrogens is 5. The van der Waals surface area contributed by atoms with Crippen LogP contribution in [-0.4, -0.2) is 44.0 Å². The number of alkyl halides is 6. The SMILES string of the molecule is Cn1nc(N2CC(C(C)(CNc3cc(C(F)(F)F)nc4cc(C(F)(F)F)nn34)c3ccc(F)cc3)C2)ccc1=O. The van der Waals surface area contributed by atoms with E-state index >= 15 is 0 Å². The first-order valence-corrected chi connectivity index (χ1v) is 12.0. The van der Waals surface area contributed by atoms with Gasteiger partial charge in [0.25, 0.3) is 5.56 Å². The lowest BCUT2D eigenvalue weighted by Crippen LogP contribution is -2.58. The molecule has 0 radical (unpaired) electrons. The average Bonchev–Trinajstić information content (AvgIpc) is 3.29. The highest BCUT2D eigenvalue weighted by molar-refractivity contribution is 5.52. The molecule has 1 atom stereocenters. The van der Waals surface area contributed by atoms with Gasteiger partial charge < -0.3 is 10.2 Å². The molecule has 1 fully saturated rings. The molecule has 0 bridgehead atoms. The number of fused-ring (bicyclic) bond motifs is 1. The summed E-state index contributed by atoms with van der Waals surface area (Å²) >= 11 is 0. The molecule has 1 aliphatic rings. The fraction of sp³-hybridized carbons (Fsp3) is 0.360. The maximum atomic E-state index is 13.7. The van der Waals surface area contributed by atoms with E-state index in [2.05, 4.69) is 20.5 Å². The number of anilines is 2. The zero-order valence-corrected chi connectivity index (χ0v) is 21.1. The van der Waals surface area contributed by atoms with Gasteiger partial charge in [0.15, 0.2) is 17.0 Å². The summed E-state index contributed by atoms with van der Waals surface area (Å²) in [6, 6.07) is 9.64. The van der Waals surface area contributed by atoms with Crippen LogP contribution in [0.5, 0.6) is 0 Å². The van der Waals surface area contributed by atoms with Gasteiger partial charge in [0, 0.05) is 56.2 Å². The summed E-state index contributed by atoms with van der Waals surface area (Å²) < 4.78 is 96.2. The van der Waals surface area contributed by atoms with E-state index in [1.807, 2.05) is 11.8 Å². The lowest BCUT2D eigenvalue weighted by molar-refractivity contribution is -0.142. The number of hydrogen-bond donors (Lipinski definition) is 1. The van der Waals surface area contributed by atoms with Crippen LogP contribution in [0.25, 0.3) is 5.65 Å². The molecule has 1 N–H and O–H groups in total. The van der Waals surface area contributed by atoms with Gasteiger partial charge in [0.2, 0.25) is 0 Å². The summed E-state index contributed by atoms with van der Waals surface area (Å²) in [5, 5.41) is 10.5. The van der Waals surface area contributed by atoms with Crippen molar-refractivity contribution in [1.82, 2.24) is 24.4 Å². The molecule has 0 aliphatic carbocycles. The predicted molar refractivity (Wildman–Crippen MR) is 130 cm³/mol. The highest BCUT2D eigenvalue weighted by atomic mass is 19.4. The summed E-state index contributed by atoms with van der Waals surface area (Å²) in [6.07, 6.45) is -9.81. The monoisotopic (exact) mass is 569 g/mol. The van der Waals surface area contributed by atoms with E-state index in [9.17, 15) is 35.5 Å². The zero-order chi connectivity index (χ0) is 29.0. The summed E-state index contributed by atoms with van der Waals surface area (Å²) in [6.45, 7) is 2.69. The third-order valence-electron chi connectivity index (χ3n) is 7.20. The first-order chi connectivity index (χ1) is 18.6. The van der Waals surface area contributed by atoms with Crippen LogP contribution in [0.1, 0.15) is 23.9 Å². The van der Waals surface area contributed by atoms with Crippen LogP contribution in [0, 0.1) is 11.7 Å². The highest BCUT2D eigenvalue weighted by Crippen LogP contribution is 2.40. The molecule has 4 heterocycles. The van der Waals surface area contributed by atoms with Crippen LogP contribution in [0.2, 0.25) is 0 Å². The average molecular weight is 569 g/mol. The largest absolute Gasteiger partial charge is 0.435 e. The summed E-state index contributed by atoms with van der Waals surface area (Å²) in [7, 11) is 1.51. The number of benzene rings is 1. The van der Waals surface area contributed by atoms with Crippen LogP contribution in [0.15, 0.2) is 53.3 Å². The van der Waals surface area contributed by atoms with Crippen molar-refractivity contribution in [2.24, 2.45) is 13.0 Å². The minimum absolute atomic E-state index is 0.0323. The Labute approximate surface area is 222 Å². The lowest BCUT2D eigenvalue weighted by atomic mass is 9.68. The maximum Gasteiger partial charge on any atom is 0.435 e. The zero-order valence-electron chi connectivity index (χ0n) is 21.1. The predicted octanol–water partition coefficient (Wildman–Crippen LogP) is 4.51. The van der Waals surface area contributed by atoms with Crippen molar-refractivity contribution in [1.29, 1.82) is 0 Å². The molecule has 8 nitrogen and oxygen atoms in total. The van der Waals surface area contributed by atoms with Crippen molar-refractivity contribution in [3.05, 3.63) is 81.7 Å². The molecule has 40 heavy (non-hydrogen) atoms. The molecule has 1 aromatic carbocycles. The minimum Gasteiger partial charge on any atom is -0.369 e. The Morgan fingerprint density at radius 1 is 0.925 bits per heavy atom. The van der Waals surface area contributed by atoms with Gasteiger partial charge in [-0.05, 0) is 23.8 Å². The number of halogens is 7. The second-order valence-electron chi connectivity index (χ2n) is 9.85. The van der Waals surface area contributed by atoms with E-state index in [4.69, 9.17) is 0 Å². The number of nitrogens with one attached hydrogen (secondary N) is 1. The Hall–Kier alpha value is -4.17. The third kappa shape index (κ3) is 5.07. The molecule has 15 heteroatoms. The van der Waals surface area contributed by atoms with Crippen molar-refractivity contribution in [3.8, 4) is 0 Å². The first kappa shape index (κ1) is 27.4. The van der Waals surface area contributed by atoms with E-state index in [0.29, 0.717) is 41.1 Å². The minimum atomic E-state index is -4.92. The van der Waals surface area contributed by atoms with E-state index in [-0.39, 0.29) is 23.8 Å². The number of nitrogens with zero attached hydrogens (tertiary/aromatic N) is 6. The van der Waals surface area contributed by atoms with Gasteiger partial charge in [-0.2, -0.15) is 41.1 Å². The van der Waals surface area contributed by atoms with Crippen molar-refractivity contribution in [3.63, 3.8) is 0 Å². The Bertz CT molecular complexity index is 1610. The van der Waals surface area contributed by atoms with Gasteiger partial charge in [-0.15, -0.1) is 0 Å². The van der Waals surface area contributed by atoms with Gasteiger partial charge in [0.1, 0.15) is 17.5 Å². The second-order valence-corrected chi connectivity index (χ2v) is 9.85. The molecule has 5 rings (SSSR count). The molecule has 0 saturated carbocycles. The van der Waals surface area contributed by atoms with Gasteiger partial charge in [-0.1, -0.05) is 19.1 Å². The molecule has 1 aliphatic heterocycles. The van der Waals surface area contributed by atoms with Gasteiger partial charge >= 0.3 is 12.4 Å². The molecule has 0 amide bonds. The summed E-state index contributed by atoms with van der Waals surface area (Å²) in [5.74, 6) is -0.399. The summed E-state index contributed by atoms with van der Waals surface area (Å²) in [5.41, 5.74) is -3.83. The lowest BCUT2D eigenvalue weighted by Gasteiger charge is -2.50. The van der Waals surface area contributed by atoms with E-state index in [1.165, 1.54) is 29.9 Å². The van der Waals surface area contributed by atoms with E-state index in [0.717, 1.165) is 0 Å². The first-order valence-electron chi connectivity index (χ1n) is 12.0. The molecular formula is C25H22F7N7O. The van der Waals surface area contributed by atoms with Crippen LogP contribution < -0.4 is 15.8 Å². The quantitative estimate of drug-likeness (QED) is 0.345. The van der Waals surface area contributed by atoms with Crippen molar-refractivity contribution in [2.75, 3.05) is 29.9 Å². The molecular weight excluding hydrogens is 547 g/mol. The van der Waals surface area contributed by atoms with Crippen molar-refractivity contribution >= 4 is 17.3 Å². The molecule has 212 valence electrons. The number of rotatable bonds is 6. The standard InChI is InChI=1S/C25H22F7N7O/c1-23(14-3-5-16(26)6-4-14,15-11-38(12-15)19-7-8-22(40)37(2)36-19)13-33-20-9-17(24(27,28)29)34-21-10-18(25(30,31)32)35-39(20)21/h3-10,15,33H,11-13H2,1-2H3. The normalized spacial score (nSPS) is 16.2. The summed E-state index contributed by atoms with van der Waals surface area (Å²) in [4.78, 5) is 16.9. The Kier molecular flexibility index (Phi) is 6.50. The second kappa shape index (κ2) is 9.48. The van der Waals surface area contributed by atoms with Gasteiger partial charge in [-0.3, -0.25) is 4.79 Å². The molecule has 1 saturated heterocycles. The molecule has 0 spiro atoms. The smallest absolute Gasteiger partial charge is 0.369 e. The topological polar surface area (TPSA) is 80.3 Å². The Morgan fingerprint density at radius 2 is 1.57 bits per heavy atom. The van der Waals surface area contributed by atoms with Crippen LogP contribution in [0.4, 0.5) is 42.4 Å². The van der Waals surface area contributed by atoms with Crippen LogP contribution >= 0.6 is 0 Å². The van der Waals surface area contributed by atoms with Crippen molar-refractivity contribution < 1.29 is 30.7 Å². The number of aryl methyl sites for hydroxylation is 1. The van der Waals surface area contributed by atoms with Gasteiger partial charge in [-0.25, -0.2) is 14.1 Å². The fourth-order valence-corrected chi connectivity index (χ4v) is 4.70. The van der Waals surface area contributed by atoms with Crippen molar-refractivity contribution in [2.45, 2.75) is 24.7 Å². The Balaban J connectivity index is 1.49. The third-order valence-corrected chi connectivity index (χ3v) is 7.20.